The molecule has 0 amide bonds. The highest BCUT2D eigenvalue weighted by Gasteiger charge is 2.12. The number of hydrogen-bond acceptors (Lipinski definition) is 6. The summed E-state index contributed by atoms with van der Waals surface area (Å²) in [4.78, 5) is 12.8. The van der Waals surface area contributed by atoms with E-state index in [0.717, 1.165) is 18.8 Å². The monoisotopic (exact) mass is 380 g/mol. The Morgan fingerprint density at radius 1 is 1.14 bits per heavy atom. The Hall–Kier alpha value is -3.40. The zero-order valence-corrected chi connectivity index (χ0v) is 16.2. The van der Waals surface area contributed by atoms with Gasteiger partial charge < -0.3 is 9.64 Å². The minimum atomic E-state index is -0.471. The van der Waals surface area contributed by atoms with Gasteiger partial charge in [0.15, 0.2) is 5.75 Å². The molecule has 7 heteroatoms. The number of azo groups is 1. The number of rotatable bonds is 10. The minimum Gasteiger partial charge on any atom is -0.491 e. The highest BCUT2D eigenvalue weighted by atomic mass is 16.6. The number of non-ortho nitro benzene ring substituents is 1. The van der Waals surface area contributed by atoms with Crippen molar-refractivity contribution in [1.29, 1.82) is 0 Å². The molecule has 0 aromatic heterocycles. The van der Waals surface area contributed by atoms with E-state index in [1.807, 2.05) is 24.3 Å². The van der Waals surface area contributed by atoms with Crippen LogP contribution in [0.5, 0.6) is 5.75 Å². The number of benzene rings is 2. The molecule has 0 spiro atoms. The van der Waals surface area contributed by atoms with Gasteiger partial charge in [0.05, 0.1) is 23.3 Å². The van der Waals surface area contributed by atoms with Gasteiger partial charge in [-0.15, -0.1) is 17.5 Å². The van der Waals surface area contributed by atoms with Gasteiger partial charge in [-0.1, -0.05) is 0 Å². The molecule has 2 aromatic rings. The SMILES string of the molecule is C#CCCCOc1cc([N+](=O)[O-])ccc1N=Nc1ccc(N(CC)CC)cc1. The Morgan fingerprint density at radius 2 is 1.86 bits per heavy atom. The van der Waals surface area contributed by atoms with Gasteiger partial charge in [-0.25, -0.2) is 0 Å². The Kier molecular flexibility index (Phi) is 7.97. The predicted octanol–water partition coefficient (Wildman–Crippen LogP) is 5.65. The quantitative estimate of drug-likeness (QED) is 0.175. The summed E-state index contributed by atoms with van der Waals surface area (Å²) in [5, 5.41) is 19.5. The highest BCUT2D eigenvalue weighted by molar-refractivity contribution is 5.57. The number of nitrogens with zero attached hydrogens (tertiary/aromatic N) is 4. The molecule has 0 aliphatic heterocycles. The fourth-order valence-electron chi connectivity index (χ4n) is 2.60. The second-order valence-electron chi connectivity index (χ2n) is 5.95. The Bertz CT molecular complexity index is 853. The van der Waals surface area contributed by atoms with Crippen LogP contribution in [0.25, 0.3) is 0 Å². The van der Waals surface area contributed by atoms with Crippen LogP contribution in [0.1, 0.15) is 26.7 Å². The normalized spacial score (nSPS) is 10.6. The first kappa shape index (κ1) is 20.9. The van der Waals surface area contributed by atoms with Crippen molar-refractivity contribution in [3.8, 4) is 18.1 Å². The lowest BCUT2D eigenvalue weighted by Gasteiger charge is -2.20. The molecule has 0 aliphatic rings. The van der Waals surface area contributed by atoms with Crippen molar-refractivity contribution >= 4 is 22.7 Å². The van der Waals surface area contributed by atoms with Crippen LogP contribution in [0, 0.1) is 22.5 Å². The number of nitro groups is 1. The summed E-state index contributed by atoms with van der Waals surface area (Å²) in [7, 11) is 0. The van der Waals surface area contributed by atoms with Crippen molar-refractivity contribution < 1.29 is 9.66 Å². The van der Waals surface area contributed by atoms with Crippen LogP contribution in [0.15, 0.2) is 52.7 Å². The van der Waals surface area contributed by atoms with Gasteiger partial charge in [0, 0.05) is 31.3 Å². The predicted molar refractivity (Wildman–Crippen MR) is 111 cm³/mol. The molecule has 28 heavy (non-hydrogen) atoms. The molecule has 0 aliphatic carbocycles. The zero-order valence-electron chi connectivity index (χ0n) is 16.2. The van der Waals surface area contributed by atoms with Crippen molar-refractivity contribution in [2.45, 2.75) is 26.7 Å². The van der Waals surface area contributed by atoms with E-state index in [9.17, 15) is 10.1 Å². The van der Waals surface area contributed by atoms with E-state index in [1.54, 1.807) is 0 Å². The van der Waals surface area contributed by atoms with Crippen LogP contribution in [-0.4, -0.2) is 24.6 Å². The second kappa shape index (κ2) is 10.7. The molecule has 2 rings (SSSR count). The van der Waals surface area contributed by atoms with E-state index in [1.165, 1.54) is 18.2 Å². The van der Waals surface area contributed by atoms with Crippen molar-refractivity contribution in [3.05, 3.63) is 52.6 Å². The summed E-state index contributed by atoms with van der Waals surface area (Å²) >= 11 is 0. The lowest BCUT2D eigenvalue weighted by Crippen LogP contribution is -2.21. The highest BCUT2D eigenvalue weighted by Crippen LogP contribution is 2.33. The number of unbranched alkanes of at least 4 members (excludes halogenated alkanes) is 1. The Labute approximate surface area is 165 Å². The van der Waals surface area contributed by atoms with E-state index in [2.05, 4.69) is 34.9 Å². The zero-order chi connectivity index (χ0) is 20.4. The van der Waals surface area contributed by atoms with Gasteiger partial charge in [-0.05, 0) is 50.6 Å². The summed E-state index contributed by atoms with van der Waals surface area (Å²) in [5.41, 5.74) is 2.18. The van der Waals surface area contributed by atoms with Crippen molar-refractivity contribution in [1.82, 2.24) is 0 Å². The van der Waals surface area contributed by atoms with Gasteiger partial charge in [0.25, 0.3) is 5.69 Å². The maximum Gasteiger partial charge on any atom is 0.273 e. The van der Waals surface area contributed by atoms with Gasteiger partial charge in [-0.3, -0.25) is 10.1 Å². The maximum absolute atomic E-state index is 11.0. The van der Waals surface area contributed by atoms with Crippen LogP contribution >= 0.6 is 0 Å². The summed E-state index contributed by atoms with van der Waals surface area (Å²) in [5.74, 6) is 2.85. The average Bonchev–Trinajstić information content (AvgIpc) is 2.71. The first-order valence-corrected chi connectivity index (χ1v) is 9.20. The van der Waals surface area contributed by atoms with E-state index in [0.29, 0.717) is 36.6 Å². The van der Waals surface area contributed by atoms with Crippen molar-refractivity contribution in [2.24, 2.45) is 10.2 Å². The summed E-state index contributed by atoms with van der Waals surface area (Å²) in [6.45, 7) is 6.43. The second-order valence-corrected chi connectivity index (χ2v) is 5.95. The van der Waals surface area contributed by atoms with Crippen molar-refractivity contribution in [3.63, 3.8) is 0 Å². The first-order valence-electron chi connectivity index (χ1n) is 9.20. The number of anilines is 1. The van der Waals surface area contributed by atoms with Crippen LogP contribution < -0.4 is 9.64 Å². The topological polar surface area (TPSA) is 80.3 Å². The fourth-order valence-corrected chi connectivity index (χ4v) is 2.60. The molecule has 0 radical (unpaired) electrons. The molecule has 0 saturated heterocycles. The first-order chi connectivity index (χ1) is 13.6. The smallest absolute Gasteiger partial charge is 0.273 e. The molecule has 0 N–H and O–H groups in total. The van der Waals surface area contributed by atoms with E-state index in [-0.39, 0.29) is 5.69 Å². The number of nitro benzene ring substituents is 1. The van der Waals surface area contributed by atoms with E-state index in [4.69, 9.17) is 11.2 Å². The van der Waals surface area contributed by atoms with Crippen molar-refractivity contribution in [2.75, 3.05) is 24.6 Å². The summed E-state index contributed by atoms with van der Waals surface area (Å²) in [6.07, 6.45) is 6.46. The summed E-state index contributed by atoms with van der Waals surface area (Å²) < 4.78 is 5.64. The molecule has 146 valence electrons. The number of terminal acetylenes is 1. The molecule has 0 heterocycles. The lowest BCUT2D eigenvalue weighted by atomic mass is 10.2. The van der Waals surface area contributed by atoms with Gasteiger partial charge in [0.1, 0.15) is 5.69 Å². The Balaban J connectivity index is 2.19. The minimum absolute atomic E-state index is 0.0607. The molecule has 0 bridgehead atoms. The van der Waals surface area contributed by atoms with Crippen LogP contribution in [-0.2, 0) is 0 Å². The molecule has 2 aromatic carbocycles. The number of ether oxygens (including phenoxy) is 1. The molecule has 0 atom stereocenters. The van der Waals surface area contributed by atoms with E-state index < -0.39 is 4.92 Å². The standard InChI is InChI=1S/C21H24N4O3/c1-4-7-8-15-28-21-16-19(25(26)27)13-14-20(21)23-22-17-9-11-18(12-10-17)24(5-2)6-3/h1,9-14,16H,5-8,15H2,2-3H3. The fraction of sp³-hybridized carbons (Fsp3) is 0.333. The third-order valence-corrected chi connectivity index (χ3v) is 4.13. The Morgan fingerprint density at radius 3 is 2.46 bits per heavy atom. The third-order valence-electron chi connectivity index (χ3n) is 4.13. The summed E-state index contributed by atoms with van der Waals surface area (Å²) in [6, 6.07) is 12.0. The average molecular weight is 380 g/mol. The molecule has 0 unspecified atom stereocenters. The van der Waals surface area contributed by atoms with Crippen LogP contribution in [0.2, 0.25) is 0 Å². The van der Waals surface area contributed by atoms with Gasteiger partial charge >= 0.3 is 0 Å². The van der Waals surface area contributed by atoms with E-state index >= 15 is 0 Å². The maximum atomic E-state index is 11.0. The van der Waals surface area contributed by atoms with Gasteiger partial charge in [-0.2, -0.15) is 5.11 Å². The third kappa shape index (κ3) is 5.81. The number of hydrogen-bond donors (Lipinski definition) is 0. The van der Waals surface area contributed by atoms with Crippen LogP contribution in [0.3, 0.4) is 0 Å². The van der Waals surface area contributed by atoms with Crippen LogP contribution in [0.4, 0.5) is 22.7 Å². The molecular formula is C21H24N4O3. The molecular weight excluding hydrogens is 356 g/mol. The molecule has 0 saturated carbocycles. The lowest BCUT2D eigenvalue weighted by molar-refractivity contribution is -0.384. The van der Waals surface area contributed by atoms with Gasteiger partial charge in [0.2, 0.25) is 0 Å². The molecule has 7 nitrogen and oxygen atoms in total. The largest absolute Gasteiger partial charge is 0.491 e. The molecule has 0 fully saturated rings.